The molecule has 2 fully saturated rings. The number of fused-ring (bicyclic) bond motifs is 2. The van der Waals surface area contributed by atoms with Crippen molar-refractivity contribution in [1.29, 1.82) is 0 Å². The smallest absolute Gasteiger partial charge is 0.231 e. The summed E-state index contributed by atoms with van der Waals surface area (Å²) in [7, 11) is 0. The van der Waals surface area contributed by atoms with Gasteiger partial charge in [0.05, 0.1) is 5.92 Å². The van der Waals surface area contributed by atoms with E-state index in [9.17, 15) is 0 Å². The SMILES string of the molecule is CCOC(CC)(CC)c1noc(C2C3CCC(C3)C2N)n1. The maximum atomic E-state index is 6.38. The highest BCUT2D eigenvalue weighted by atomic mass is 16.5. The first-order valence-electron chi connectivity index (χ1n) is 8.38. The van der Waals surface area contributed by atoms with Crippen LogP contribution in [0, 0.1) is 11.8 Å². The molecule has 21 heavy (non-hydrogen) atoms. The molecule has 3 rings (SSSR count). The van der Waals surface area contributed by atoms with E-state index >= 15 is 0 Å². The molecule has 2 aliphatic rings. The highest BCUT2D eigenvalue weighted by Crippen LogP contribution is 2.52. The predicted molar refractivity (Wildman–Crippen MR) is 79.7 cm³/mol. The first-order chi connectivity index (χ1) is 10.1. The van der Waals surface area contributed by atoms with E-state index in [1.54, 1.807) is 0 Å². The van der Waals surface area contributed by atoms with Gasteiger partial charge in [-0.05, 0) is 50.9 Å². The summed E-state index contributed by atoms with van der Waals surface area (Å²) in [6.07, 6.45) is 5.43. The van der Waals surface area contributed by atoms with Crippen LogP contribution in [0.3, 0.4) is 0 Å². The molecule has 2 bridgehead atoms. The van der Waals surface area contributed by atoms with E-state index in [4.69, 9.17) is 20.0 Å². The Bertz CT molecular complexity index is 482. The summed E-state index contributed by atoms with van der Waals surface area (Å²) in [5, 5.41) is 4.24. The van der Waals surface area contributed by atoms with Crippen LogP contribution in [-0.2, 0) is 10.3 Å². The lowest BCUT2D eigenvalue weighted by Crippen LogP contribution is -2.34. The Morgan fingerprint density at radius 3 is 2.52 bits per heavy atom. The third-order valence-electron chi connectivity index (χ3n) is 5.68. The number of ether oxygens (including phenoxy) is 1. The van der Waals surface area contributed by atoms with Gasteiger partial charge in [0, 0.05) is 12.6 Å². The fourth-order valence-corrected chi connectivity index (χ4v) is 4.37. The van der Waals surface area contributed by atoms with Crippen molar-refractivity contribution >= 4 is 0 Å². The summed E-state index contributed by atoms with van der Waals surface area (Å²) >= 11 is 0. The minimum Gasteiger partial charge on any atom is -0.367 e. The number of nitrogens with two attached hydrogens (primary N) is 1. The van der Waals surface area contributed by atoms with E-state index in [-0.39, 0.29) is 12.0 Å². The molecule has 2 saturated carbocycles. The van der Waals surface area contributed by atoms with Crippen LogP contribution in [0.25, 0.3) is 0 Å². The largest absolute Gasteiger partial charge is 0.367 e. The highest BCUT2D eigenvalue weighted by Gasteiger charge is 2.49. The Morgan fingerprint density at radius 2 is 1.95 bits per heavy atom. The summed E-state index contributed by atoms with van der Waals surface area (Å²) in [5.74, 6) is 2.94. The Balaban J connectivity index is 1.86. The third-order valence-corrected chi connectivity index (χ3v) is 5.68. The second-order valence-corrected chi connectivity index (χ2v) is 6.53. The molecule has 0 spiro atoms. The lowest BCUT2D eigenvalue weighted by Gasteiger charge is -2.28. The molecule has 2 N–H and O–H groups in total. The van der Waals surface area contributed by atoms with Crippen molar-refractivity contribution in [3.8, 4) is 0 Å². The molecular weight excluding hydrogens is 266 g/mol. The fourth-order valence-electron chi connectivity index (χ4n) is 4.37. The van der Waals surface area contributed by atoms with Crippen molar-refractivity contribution in [2.45, 2.75) is 70.4 Å². The van der Waals surface area contributed by atoms with Crippen LogP contribution in [0.5, 0.6) is 0 Å². The quantitative estimate of drug-likeness (QED) is 0.872. The summed E-state index contributed by atoms with van der Waals surface area (Å²) in [6.45, 7) is 6.88. The molecule has 1 heterocycles. The van der Waals surface area contributed by atoms with Gasteiger partial charge in [-0.1, -0.05) is 19.0 Å². The van der Waals surface area contributed by atoms with Gasteiger partial charge in [0.1, 0.15) is 5.60 Å². The first-order valence-corrected chi connectivity index (χ1v) is 8.38. The topological polar surface area (TPSA) is 74.2 Å². The maximum absolute atomic E-state index is 6.38. The van der Waals surface area contributed by atoms with Crippen molar-refractivity contribution in [1.82, 2.24) is 10.1 Å². The van der Waals surface area contributed by atoms with Crippen molar-refractivity contribution in [2.24, 2.45) is 17.6 Å². The van der Waals surface area contributed by atoms with Crippen LogP contribution >= 0.6 is 0 Å². The predicted octanol–water partition coefficient (Wildman–Crippen LogP) is 2.96. The zero-order chi connectivity index (χ0) is 15.0. The highest BCUT2D eigenvalue weighted by molar-refractivity contribution is 5.13. The molecule has 1 aromatic heterocycles. The van der Waals surface area contributed by atoms with E-state index in [0.29, 0.717) is 24.3 Å². The molecule has 1 aromatic rings. The van der Waals surface area contributed by atoms with Crippen molar-refractivity contribution in [3.05, 3.63) is 11.7 Å². The van der Waals surface area contributed by atoms with Gasteiger partial charge in [0.25, 0.3) is 0 Å². The van der Waals surface area contributed by atoms with Gasteiger partial charge in [0.2, 0.25) is 11.7 Å². The van der Waals surface area contributed by atoms with Gasteiger partial charge in [-0.25, -0.2) is 0 Å². The second-order valence-electron chi connectivity index (χ2n) is 6.53. The summed E-state index contributed by atoms with van der Waals surface area (Å²) < 4.78 is 11.6. The monoisotopic (exact) mass is 293 g/mol. The molecule has 0 radical (unpaired) electrons. The van der Waals surface area contributed by atoms with E-state index < -0.39 is 5.60 Å². The number of hydrogen-bond donors (Lipinski definition) is 1. The normalized spacial score (nSPS) is 32.0. The van der Waals surface area contributed by atoms with Crippen molar-refractivity contribution in [2.75, 3.05) is 6.61 Å². The fraction of sp³-hybridized carbons (Fsp3) is 0.875. The zero-order valence-electron chi connectivity index (χ0n) is 13.3. The molecule has 0 aliphatic heterocycles. The van der Waals surface area contributed by atoms with Gasteiger partial charge in [0.15, 0.2) is 0 Å². The van der Waals surface area contributed by atoms with Crippen LogP contribution < -0.4 is 5.73 Å². The zero-order valence-corrected chi connectivity index (χ0v) is 13.3. The summed E-state index contributed by atoms with van der Waals surface area (Å²) in [4.78, 5) is 4.71. The molecule has 118 valence electrons. The Labute approximate surface area is 126 Å². The Morgan fingerprint density at radius 1 is 1.24 bits per heavy atom. The molecule has 0 amide bonds. The molecule has 0 saturated heterocycles. The summed E-state index contributed by atoms with van der Waals surface area (Å²) in [5.41, 5.74) is 5.96. The molecule has 0 aromatic carbocycles. The lowest BCUT2D eigenvalue weighted by atomic mass is 9.85. The number of hydrogen-bond acceptors (Lipinski definition) is 5. The lowest BCUT2D eigenvalue weighted by molar-refractivity contribution is -0.0583. The number of rotatable bonds is 6. The van der Waals surface area contributed by atoms with Crippen LogP contribution in [-0.4, -0.2) is 22.8 Å². The minimum atomic E-state index is -0.418. The Kier molecular flexibility index (Phi) is 4.06. The molecule has 2 aliphatic carbocycles. The maximum Gasteiger partial charge on any atom is 0.231 e. The van der Waals surface area contributed by atoms with Crippen LogP contribution in [0.15, 0.2) is 4.52 Å². The molecule has 4 unspecified atom stereocenters. The number of aromatic nitrogens is 2. The van der Waals surface area contributed by atoms with Crippen molar-refractivity contribution in [3.63, 3.8) is 0 Å². The van der Waals surface area contributed by atoms with Gasteiger partial charge in [-0.15, -0.1) is 0 Å². The molecule has 5 nitrogen and oxygen atoms in total. The Hall–Kier alpha value is -0.940. The van der Waals surface area contributed by atoms with Crippen molar-refractivity contribution < 1.29 is 9.26 Å². The van der Waals surface area contributed by atoms with Gasteiger partial charge < -0.3 is 15.0 Å². The van der Waals surface area contributed by atoms with Crippen LogP contribution in [0.4, 0.5) is 0 Å². The standard InChI is InChI=1S/C16H27N3O2/c1-4-16(5-2,20-6-3)15-18-14(21-19-15)12-10-7-8-11(9-10)13(12)17/h10-13H,4-9,17H2,1-3H3. The number of nitrogens with zero attached hydrogens (tertiary/aromatic N) is 2. The average Bonchev–Trinajstić information content (AvgIpc) is 3.20. The van der Waals surface area contributed by atoms with Gasteiger partial charge in [-0.3, -0.25) is 0 Å². The average molecular weight is 293 g/mol. The van der Waals surface area contributed by atoms with E-state index in [2.05, 4.69) is 19.0 Å². The van der Waals surface area contributed by atoms with E-state index in [1.165, 1.54) is 19.3 Å². The second kappa shape index (κ2) is 5.69. The third kappa shape index (κ3) is 2.30. The molecule has 5 heteroatoms. The van der Waals surface area contributed by atoms with E-state index in [0.717, 1.165) is 18.7 Å². The van der Waals surface area contributed by atoms with Gasteiger partial charge in [-0.2, -0.15) is 4.98 Å². The minimum absolute atomic E-state index is 0.182. The van der Waals surface area contributed by atoms with Gasteiger partial charge >= 0.3 is 0 Å². The van der Waals surface area contributed by atoms with Crippen LogP contribution in [0.1, 0.15) is 70.5 Å². The molecular formula is C16H27N3O2. The van der Waals surface area contributed by atoms with Crippen LogP contribution in [0.2, 0.25) is 0 Å². The first kappa shape index (κ1) is 15.0. The summed E-state index contributed by atoms with van der Waals surface area (Å²) in [6, 6.07) is 0.182. The molecule has 4 atom stereocenters. The van der Waals surface area contributed by atoms with E-state index in [1.807, 2.05) is 6.92 Å².